The highest BCUT2D eigenvalue weighted by atomic mass is 31.2. The van der Waals surface area contributed by atoms with Gasteiger partial charge in [-0.25, -0.2) is 9.13 Å². The molecule has 0 amide bonds. The van der Waals surface area contributed by atoms with Crippen LogP contribution >= 0.6 is 15.6 Å². The summed E-state index contributed by atoms with van der Waals surface area (Å²) in [7, 11) is -9.94. The zero-order chi connectivity index (χ0) is 84.3. The van der Waals surface area contributed by atoms with Gasteiger partial charge in [0.1, 0.15) is 19.3 Å². The molecule has 0 radical (unpaired) electrons. The van der Waals surface area contributed by atoms with Gasteiger partial charge in [0.05, 0.1) is 26.4 Å². The summed E-state index contributed by atoms with van der Waals surface area (Å²) in [5.41, 5.74) is 0. The molecule has 0 heterocycles. The number of carbonyl (C=O) groups excluding carboxylic acids is 4. The lowest BCUT2D eigenvalue weighted by atomic mass is 9.99. The minimum absolute atomic E-state index is 0.108. The van der Waals surface area contributed by atoms with Gasteiger partial charge < -0.3 is 33.8 Å². The molecule has 0 aliphatic rings. The summed E-state index contributed by atoms with van der Waals surface area (Å²) in [6.07, 6.45) is 80.5. The van der Waals surface area contributed by atoms with Crippen molar-refractivity contribution < 1.29 is 80.2 Å². The Hall–Kier alpha value is -1.94. The van der Waals surface area contributed by atoms with Gasteiger partial charge in [-0.05, 0) is 43.4 Å². The summed E-state index contributed by atoms with van der Waals surface area (Å²) in [6, 6.07) is 0. The first-order valence-electron chi connectivity index (χ1n) is 49.4. The molecule has 0 rings (SSSR count). The smallest absolute Gasteiger partial charge is 0.462 e. The zero-order valence-corrected chi connectivity index (χ0v) is 78.1. The second-order valence-corrected chi connectivity index (χ2v) is 38.3. The van der Waals surface area contributed by atoms with Crippen molar-refractivity contribution in [3.63, 3.8) is 0 Å². The van der Waals surface area contributed by atoms with E-state index in [9.17, 15) is 43.2 Å². The maximum atomic E-state index is 13.2. The van der Waals surface area contributed by atoms with Crippen molar-refractivity contribution in [1.82, 2.24) is 0 Å². The SMILES string of the molecule is CCCCCCCCCCCCCCCC(=O)OC[C@H](COP(=O)(O)OC[C@H](O)COP(=O)(O)OC[C@@H](COC(=O)CCCCCCCCCCCCCCCCCCCCC(C)CC)OC(=O)CCCCCCCCCCCCCCCCCCCCC(C)CC)OC(=O)CCCCCCCCCCCCCCCCCC(C)C. The number of hydrogen-bond donors (Lipinski definition) is 3. The van der Waals surface area contributed by atoms with Crippen molar-refractivity contribution in [1.29, 1.82) is 0 Å². The number of unbranched alkanes of at least 4 members (excludes halogenated alkanes) is 60. The largest absolute Gasteiger partial charge is 0.472 e. The van der Waals surface area contributed by atoms with Crippen molar-refractivity contribution >= 4 is 39.5 Å². The molecule has 0 bridgehead atoms. The fraction of sp³-hybridized carbons (Fsp3) is 0.958. The van der Waals surface area contributed by atoms with Crippen LogP contribution in [0.3, 0.4) is 0 Å². The Bertz CT molecular complexity index is 2200. The Morgan fingerprint density at radius 3 is 0.661 bits per heavy atom. The fourth-order valence-corrected chi connectivity index (χ4v) is 16.7. The molecule has 115 heavy (non-hydrogen) atoms. The molecular formula is C96H188O17P2. The molecule has 0 fully saturated rings. The summed E-state index contributed by atoms with van der Waals surface area (Å²) >= 11 is 0. The zero-order valence-electron chi connectivity index (χ0n) is 76.3. The predicted molar refractivity (Wildman–Crippen MR) is 478 cm³/mol. The Morgan fingerprint density at radius 2 is 0.443 bits per heavy atom. The minimum atomic E-state index is -4.97. The highest BCUT2D eigenvalue weighted by Crippen LogP contribution is 2.45. The third kappa shape index (κ3) is 86.8. The molecule has 0 saturated heterocycles. The predicted octanol–water partition coefficient (Wildman–Crippen LogP) is 30.0. The third-order valence-electron chi connectivity index (χ3n) is 23.4. The molecule has 0 aromatic rings. The Balaban J connectivity index is 5.25. The van der Waals surface area contributed by atoms with E-state index in [-0.39, 0.29) is 25.7 Å². The summed E-state index contributed by atoms with van der Waals surface area (Å²) in [5, 5.41) is 10.7. The normalized spacial score (nSPS) is 14.2. The molecule has 0 aromatic heterocycles. The number of phosphoric ester groups is 2. The van der Waals surface area contributed by atoms with Gasteiger partial charge in [0.2, 0.25) is 0 Å². The third-order valence-corrected chi connectivity index (χ3v) is 25.3. The van der Waals surface area contributed by atoms with E-state index in [4.69, 9.17) is 37.0 Å². The second kappa shape index (κ2) is 85.6. The van der Waals surface area contributed by atoms with E-state index in [0.29, 0.717) is 25.7 Å². The van der Waals surface area contributed by atoms with Gasteiger partial charge in [-0.2, -0.15) is 0 Å². The van der Waals surface area contributed by atoms with Gasteiger partial charge in [-0.1, -0.05) is 466 Å². The molecule has 7 atom stereocenters. The molecular weight excluding hydrogens is 1490 g/mol. The topological polar surface area (TPSA) is 237 Å². The Kier molecular flexibility index (Phi) is 84.2. The van der Waals surface area contributed by atoms with Crippen LogP contribution in [0.4, 0.5) is 0 Å². The Labute approximate surface area is 708 Å². The van der Waals surface area contributed by atoms with Crippen LogP contribution in [0.2, 0.25) is 0 Å². The molecule has 0 aromatic carbocycles. The van der Waals surface area contributed by atoms with Gasteiger partial charge in [0, 0.05) is 25.7 Å². The average Bonchev–Trinajstić information content (AvgIpc) is 0.901. The van der Waals surface area contributed by atoms with Gasteiger partial charge >= 0.3 is 39.5 Å². The first kappa shape index (κ1) is 113. The minimum Gasteiger partial charge on any atom is -0.462 e. The van der Waals surface area contributed by atoms with Gasteiger partial charge in [0.25, 0.3) is 0 Å². The van der Waals surface area contributed by atoms with Crippen LogP contribution in [0.1, 0.15) is 517 Å². The van der Waals surface area contributed by atoms with Gasteiger partial charge in [0.15, 0.2) is 12.2 Å². The van der Waals surface area contributed by atoms with Crippen LogP contribution in [0.15, 0.2) is 0 Å². The molecule has 0 aliphatic carbocycles. The van der Waals surface area contributed by atoms with Crippen LogP contribution in [0, 0.1) is 17.8 Å². The van der Waals surface area contributed by atoms with E-state index in [1.165, 1.54) is 327 Å². The van der Waals surface area contributed by atoms with Crippen molar-refractivity contribution in [2.24, 2.45) is 17.8 Å². The number of ether oxygens (including phenoxy) is 4. The van der Waals surface area contributed by atoms with E-state index < -0.39 is 97.5 Å². The van der Waals surface area contributed by atoms with Crippen LogP contribution in [0.25, 0.3) is 0 Å². The van der Waals surface area contributed by atoms with Gasteiger partial charge in [-0.3, -0.25) is 37.3 Å². The molecule has 4 unspecified atom stereocenters. The lowest BCUT2D eigenvalue weighted by molar-refractivity contribution is -0.161. The number of aliphatic hydroxyl groups excluding tert-OH is 1. The van der Waals surface area contributed by atoms with Crippen LogP contribution < -0.4 is 0 Å². The molecule has 19 heteroatoms. The first-order valence-corrected chi connectivity index (χ1v) is 52.4. The van der Waals surface area contributed by atoms with E-state index in [0.717, 1.165) is 108 Å². The number of phosphoric acid groups is 2. The van der Waals surface area contributed by atoms with E-state index in [1.54, 1.807) is 0 Å². The lowest BCUT2D eigenvalue weighted by Gasteiger charge is -2.21. The van der Waals surface area contributed by atoms with Gasteiger partial charge in [-0.15, -0.1) is 0 Å². The monoisotopic (exact) mass is 1680 g/mol. The summed E-state index contributed by atoms with van der Waals surface area (Å²) < 4.78 is 69.2. The number of esters is 4. The molecule has 0 saturated carbocycles. The standard InChI is InChI=1S/C96H188O17P2/c1-8-11-12-13-14-15-16-32-42-49-56-63-70-77-93(98)106-83-91(112-96(101)80-73-66-59-52-45-38-31-25-26-33-39-46-53-60-67-74-87(4)5)85-110-114(102,103)108-81-90(97)82-109-115(104,105)111-86-92(113-95(100)79-72-65-58-51-44-37-30-24-20-18-22-28-35-41-48-55-62-69-76-89(7)10-3)84-107-94(99)78-71-64-57-50-43-36-29-23-19-17-21-27-34-40-47-54-61-68-75-88(6)9-2/h87-92,97H,8-86H2,1-7H3,(H,102,103)(H,104,105)/t88?,89?,90-,91+,92+/m0/s1. The van der Waals surface area contributed by atoms with E-state index in [1.807, 2.05) is 0 Å². The fourth-order valence-electron chi connectivity index (χ4n) is 15.1. The summed E-state index contributed by atoms with van der Waals surface area (Å²) in [6.45, 7) is 12.2. The lowest BCUT2D eigenvalue weighted by Crippen LogP contribution is -2.30. The van der Waals surface area contributed by atoms with Crippen molar-refractivity contribution in [2.75, 3.05) is 39.6 Å². The van der Waals surface area contributed by atoms with E-state index in [2.05, 4.69) is 48.5 Å². The van der Waals surface area contributed by atoms with Crippen molar-refractivity contribution in [3.05, 3.63) is 0 Å². The van der Waals surface area contributed by atoms with Crippen LogP contribution in [-0.4, -0.2) is 96.7 Å². The van der Waals surface area contributed by atoms with Crippen molar-refractivity contribution in [2.45, 2.75) is 535 Å². The van der Waals surface area contributed by atoms with Crippen molar-refractivity contribution in [3.8, 4) is 0 Å². The highest BCUT2D eigenvalue weighted by molar-refractivity contribution is 7.47. The van der Waals surface area contributed by atoms with E-state index >= 15 is 0 Å². The summed E-state index contributed by atoms with van der Waals surface area (Å²) in [4.78, 5) is 73.6. The van der Waals surface area contributed by atoms with Crippen LogP contribution in [-0.2, 0) is 65.4 Å². The number of carbonyl (C=O) groups is 4. The second-order valence-electron chi connectivity index (χ2n) is 35.4. The quantitative estimate of drug-likeness (QED) is 0.0222. The highest BCUT2D eigenvalue weighted by Gasteiger charge is 2.31. The summed E-state index contributed by atoms with van der Waals surface area (Å²) in [5.74, 6) is 0.457. The molecule has 0 aliphatic heterocycles. The number of hydrogen-bond acceptors (Lipinski definition) is 15. The molecule has 684 valence electrons. The maximum absolute atomic E-state index is 13.2. The number of aliphatic hydroxyl groups is 1. The first-order chi connectivity index (χ1) is 55.8. The maximum Gasteiger partial charge on any atom is 0.472 e. The molecule has 3 N–H and O–H groups in total. The Morgan fingerprint density at radius 1 is 0.252 bits per heavy atom. The molecule has 17 nitrogen and oxygen atoms in total. The average molecular weight is 1680 g/mol. The number of rotatable bonds is 94. The molecule has 0 spiro atoms. The van der Waals surface area contributed by atoms with Crippen LogP contribution in [0.5, 0.6) is 0 Å².